The van der Waals surface area contributed by atoms with Gasteiger partial charge in [-0.1, -0.05) is 29.8 Å². The molecule has 0 saturated heterocycles. The van der Waals surface area contributed by atoms with Crippen LogP contribution >= 0.6 is 22.9 Å². The van der Waals surface area contributed by atoms with Crippen molar-refractivity contribution in [3.05, 3.63) is 56.7 Å². The van der Waals surface area contributed by atoms with Crippen molar-refractivity contribution < 1.29 is 29.0 Å². The summed E-state index contributed by atoms with van der Waals surface area (Å²) in [5.74, 6) is -1.67. The van der Waals surface area contributed by atoms with Crippen LogP contribution in [0.25, 0.3) is 0 Å². The van der Waals surface area contributed by atoms with Crippen LogP contribution in [0, 0.1) is 0 Å². The average Bonchev–Trinajstić information content (AvgIpc) is 3.17. The van der Waals surface area contributed by atoms with Gasteiger partial charge in [-0.2, -0.15) is 0 Å². The summed E-state index contributed by atoms with van der Waals surface area (Å²) in [6.07, 6.45) is 0.838. The molecule has 2 heterocycles. The standard InChI is InChI=1S/C16H16ClNO2S.C5H8O4/c1-20-16(19)15(12-4-2-3-5-13(12)17)18-8-6-14-11(10-18)7-9-21-14;1-4(6)9-3-2-5(7)8/h2-5,7,9,15H,6,8,10H2,1H3;2-3H2,1H3,(H,7,8)/t15-;/m0./s1. The normalized spacial score (nSPS) is 14.0. The lowest BCUT2D eigenvalue weighted by atomic mass is 10.0. The number of ether oxygens (including phenoxy) is 2. The maximum Gasteiger partial charge on any atom is 0.327 e. The molecule has 30 heavy (non-hydrogen) atoms. The minimum Gasteiger partial charge on any atom is -0.481 e. The van der Waals surface area contributed by atoms with Crippen LogP contribution in [0.15, 0.2) is 35.7 Å². The number of aliphatic carboxylic acids is 1. The number of hydrogen-bond acceptors (Lipinski definition) is 7. The maximum absolute atomic E-state index is 12.3. The Labute approximate surface area is 184 Å². The van der Waals surface area contributed by atoms with Crippen LogP contribution in [-0.2, 0) is 36.8 Å². The van der Waals surface area contributed by atoms with Gasteiger partial charge in [0.2, 0.25) is 0 Å². The number of esters is 2. The van der Waals surface area contributed by atoms with Gasteiger partial charge in [-0.05, 0) is 35.1 Å². The van der Waals surface area contributed by atoms with E-state index < -0.39 is 18.0 Å². The lowest BCUT2D eigenvalue weighted by Gasteiger charge is -2.33. The molecule has 0 amide bonds. The van der Waals surface area contributed by atoms with Crippen LogP contribution in [0.5, 0.6) is 0 Å². The Morgan fingerprint density at radius 1 is 1.27 bits per heavy atom. The zero-order chi connectivity index (χ0) is 22.1. The first-order valence-electron chi connectivity index (χ1n) is 9.30. The Bertz CT molecular complexity index is 870. The lowest BCUT2D eigenvalue weighted by molar-refractivity contribution is -0.148. The molecule has 1 aliphatic heterocycles. The Balaban J connectivity index is 0.000000303. The number of halogens is 1. The van der Waals surface area contributed by atoms with Crippen molar-refractivity contribution in [3.63, 3.8) is 0 Å². The third kappa shape index (κ3) is 6.83. The SMILES string of the molecule is CC(=O)OCCC(=O)O.COC(=O)[C@H](c1ccccc1Cl)N1CCc2sccc2C1. The fourth-order valence-corrected chi connectivity index (χ4v) is 4.18. The molecule has 0 aliphatic carbocycles. The van der Waals surface area contributed by atoms with Crippen molar-refractivity contribution in [3.8, 4) is 0 Å². The zero-order valence-corrected chi connectivity index (χ0v) is 18.4. The van der Waals surface area contributed by atoms with Crippen LogP contribution in [0.4, 0.5) is 0 Å². The summed E-state index contributed by atoms with van der Waals surface area (Å²) in [5.41, 5.74) is 2.11. The molecular weight excluding hydrogens is 430 g/mol. The third-order valence-electron chi connectivity index (χ3n) is 4.45. The molecule has 7 nitrogen and oxygen atoms in total. The van der Waals surface area contributed by atoms with Crippen molar-refractivity contribution in [1.82, 2.24) is 4.90 Å². The molecule has 1 atom stereocenters. The van der Waals surface area contributed by atoms with E-state index in [-0.39, 0.29) is 19.0 Å². The summed E-state index contributed by atoms with van der Waals surface area (Å²) in [4.78, 5) is 35.6. The zero-order valence-electron chi connectivity index (χ0n) is 16.8. The highest BCUT2D eigenvalue weighted by molar-refractivity contribution is 7.10. The summed E-state index contributed by atoms with van der Waals surface area (Å²) in [7, 11) is 1.42. The number of fused-ring (bicyclic) bond motifs is 1. The molecule has 1 aliphatic rings. The minimum atomic E-state index is -0.962. The van der Waals surface area contributed by atoms with Crippen LogP contribution in [-0.4, -0.2) is 48.2 Å². The molecular formula is C21H24ClNO6S. The minimum absolute atomic E-state index is 0.0370. The number of carboxylic acid groups (broad SMARTS) is 1. The van der Waals surface area contributed by atoms with E-state index in [0.717, 1.165) is 25.1 Å². The average molecular weight is 454 g/mol. The van der Waals surface area contributed by atoms with E-state index in [4.69, 9.17) is 21.4 Å². The Morgan fingerprint density at radius 3 is 2.63 bits per heavy atom. The molecule has 162 valence electrons. The van der Waals surface area contributed by atoms with Gasteiger partial charge < -0.3 is 14.6 Å². The highest BCUT2D eigenvalue weighted by Gasteiger charge is 2.32. The molecule has 0 fully saturated rings. The Kier molecular flexibility index (Phi) is 9.29. The highest BCUT2D eigenvalue weighted by Crippen LogP contribution is 2.33. The second-order valence-corrected chi connectivity index (χ2v) is 7.93. The van der Waals surface area contributed by atoms with E-state index >= 15 is 0 Å². The monoisotopic (exact) mass is 453 g/mol. The number of rotatable bonds is 6. The van der Waals surface area contributed by atoms with Crippen molar-refractivity contribution >= 4 is 40.8 Å². The van der Waals surface area contributed by atoms with Gasteiger partial charge in [0.15, 0.2) is 0 Å². The quantitative estimate of drug-likeness (QED) is 0.666. The molecule has 0 unspecified atom stereocenters. The van der Waals surface area contributed by atoms with E-state index in [0.29, 0.717) is 5.02 Å². The molecule has 1 aromatic heterocycles. The van der Waals surface area contributed by atoms with Crippen molar-refractivity contribution in [2.45, 2.75) is 32.4 Å². The number of benzene rings is 1. The molecule has 2 aromatic rings. The fraction of sp³-hybridized carbons (Fsp3) is 0.381. The van der Waals surface area contributed by atoms with Gasteiger partial charge >= 0.3 is 17.9 Å². The first-order chi connectivity index (χ1) is 14.3. The number of carbonyl (C=O) groups excluding carboxylic acids is 2. The van der Waals surface area contributed by atoms with Crippen molar-refractivity contribution in [2.75, 3.05) is 20.3 Å². The molecule has 1 N–H and O–H groups in total. The van der Waals surface area contributed by atoms with E-state index in [9.17, 15) is 14.4 Å². The molecule has 1 aromatic carbocycles. The number of methoxy groups -OCH3 is 1. The van der Waals surface area contributed by atoms with Gasteiger partial charge in [0, 0.05) is 29.9 Å². The topological polar surface area (TPSA) is 93.1 Å². The summed E-state index contributed by atoms with van der Waals surface area (Å²) < 4.78 is 9.34. The molecule has 0 radical (unpaired) electrons. The largest absolute Gasteiger partial charge is 0.481 e. The summed E-state index contributed by atoms with van der Waals surface area (Å²) in [6.45, 7) is 2.79. The highest BCUT2D eigenvalue weighted by atomic mass is 35.5. The second-order valence-electron chi connectivity index (χ2n) is 6.52. The molecule has 0 bridgehead atoms. The van der Waals surface area contributed by atoms with Gasteiger partial charge in [-0.15, -0.1) is 11.3 Å². The third-order valence-corrected chi connectivity index (χ3v) is 5.82. The van der Waals surface area contributed by atoms with Crippen LogP contribution in [0.1, 0.15) is 35.4 Å². The van der Waals surface area contributed by atoms with Gasteiger partial charge in [0.1, 0.15) is 12.6 Å². The van der Waals surface area contributed by atoms with Crippen LogP contribution in [0.3, 0.4) is 0 Å². The predicted octanol–water partition coefficient (Wildman–Crippen LogP) is 3.70. The fourth-order valence-electron chi connectivity index (χ4n) is 3.05. The first kappa shape index (κ1) is 23.9. The van der Waals surface area contributed by atoms with E-state index in [1.54, 1.807) is 11.3 Å². The van der Waals surface area contributed by atoms with E-state index in [1.165, 1.54) is 24.5 Å². The summed E-state index contributed by atoms with van der Waals surface area (Å²) in [5, 5.41) is 10.7. The molecule has 0 spiro atoms. The van der Waals surface area contributed by atoms with Gasteiger partial charge in [-0.25, -0.2) is 4.79 Å². The number of nitrogens with zero attached hydrogens (tertiary/aromatic N) is 1. The molecule has 9 heteroatoms. The van der Waals surface area contributed by atoms with Crippen molar-refractivity contribution in [2.24, 2.45) is 0 Å². The number of thiophene rings is 1. The van der Waals surface area contributed by atoms with Crippen molar-refractivity contribution in [1.29, 1.82) is 0 Å². The Morgan fingerprint density at radius 2 is 2.00 bits per heavy atom. The predicted molar refractivity (Wildman–Crippen MR) is 114 cm³/mol. The molecule has 0 saturated carbocycles. The number of carboxylic acids is 1. The van der Waals surface area contributed by atoms with Gasteiger partial charge in [-0.3, -0.25) is 14.5 Å². The maximum atomic E-state index is 12.3. The molecule has 3 rings (SSSR count). The number of carbonyl (C=O) groups is 3. The first-order valence-corrected chi connectivity index (χ1v) is 10.6. The van der Waals surface area contributed by atoms with Gasteiger partial charge in [0.25, 0.3) is 0 Å². The van der Waals surface area contributed by atoms with E-state index in [2.05, 4.69) is 21.1 Å². The van der Waals surface area contributed by atoms with Crippen LogP contribution < -0.4 is 0 Å². The van der Waals surface area contributed by atoms with Crippen LogP contribution in [0.2, 0.25) is 5.02 Å². The summed E-state index contributed by atoms with van der Waals surface area (Å²) in [6, 6.07) is 9.16. The smallest absolute Gasteiger partial charge is 0.327 e. The lowest BCUT2D eigenvalue weighted by Crippen LogP contribution is -2.38. The van der Waals surface area contributed by atoms with E-state index in [1.807, 2.05) is 24.3 Å². The second kappa shape index (κ2) is 11.7. The Hall–Kier alpha value is -2.42. The number of hydrogen-bond donors (Lipinski definition) is 1. The van der Waals surface area contributed by atoms with Gasteiger partial charge in [0.05, 0.1) is 13.5 Å². The summed E-state index contributed by atoms with van der Waals surface area (Å²) >= 11 is 8.07.